The van der Waals surface area contributed by atoms with Crippen LogP contribution in [0.25, 0.3) is 6.08 Å². The van der Waals surface area contributed by atoms with E-state index in [1.165, 1.54) is 0 Å². The number of halogens is 1. The number of amides is 2. The molecule has 7 heteroatoms. The first-order valence-corrected chi connectivity index (χ1v) is 8.82. The number of hydrogen-bond donors (Lipinski definition) is 0. The summed E-state index contributed by atoms with van der Waals surface area (Å²) in [6.07, 6.45) is 1.69. The molecule has 1 aliphatic heterocycles. The summed E-state index contributed by atoms with van der Waals surface area (Å²) in [5, 5.41) is 0.611. The van der Waals surface area contributed by atoms with Gasteiger partial charge in [-0.1, -0.05) is 47.7 Å². The first-order chi connectivity index (χ1) is 12.0. The van der Waals surface area contributed by atoms with Gasteiger partial charge in [0.2, 0.25) is 0 Å². The molecule has 1 aliphatic rings. The third kappa shape index (κ3) is 3.76. The number of benzene rings is 2. The molecule has 0 radical (unpaired) electrons. The molecule has 0 unspecified atom stereocenters. The molecule has 2 aromatic carbocycles. The minimum absolute atomic E-state index is 0.214. The van der Waals surface area contributed by atoms with Gasteiger partial charge in [-0.05, 0) is 48.0 Å². The number of hydrogen-bond acceptors (Lipinski definition) is 5. The molecule has 0 bridgehead atoms. The quantitative estimate of drug-likeness (QED) is 0.442. The Morgan fingerprint density at radius 2 is 1.80 bits per heavy atom. The van der Waals surface area contributed by atoms with Crippen molar-refractivity contribution >= 4 is 57.8 Å². The van der Waals surface area contributed by atoms with Crippen molar-refractivity contribution in [2.24, 2.45) is 0 Å². The average molecular weight is 390 g/mol. The Kier molecular flexibility index (Phi) is 5.22. The van der Waals surface area contributed by atoms with Gasteiger partial charge in [-0.25, -0.2) is 4.90 Å². The van der Waals surface area contributed by atoms with Crippen molar-refractivity contribution < 1.29 is 14.3 Å². The van der Waals surface area contributed by atoms with Crippen LogP contribution < -0.4 is 4.74 Å². The van der Waals surface area contributed by atoms with Gasteiger partial charge >= 0.3 is 0 Å². The zero-order valence-corrected chi connectivity index (χ0v) is 15.5. The molecular weight excluding hydrogens is 378 g/mol. The summed E-state index contributed by atoms with van der Waals surface area (Å²) in [7, 11) is 1.54. The second-order valence-corrected chi connectivity index (χ2v) is 7.21. The summed E-state index contributed by atoms with van der Waals surface area (Å²) in [4.78, 5) is 26.6. The molecule has 4 nitrogen and oxygen atoms in total. The van der Waals surface area contributed by atoms with Crippen molar-refractivity contribution in [1.29, 1.82) is 0 Å². The predicted octanol–water partition coefficient (Wildman–Crippen LogP) is 4.39. The van der Waals surface area contributed by atoms with Crippen LogP contribution in [0.2, 0.25) is 5.02 Å². The highest BCUT2D eigenvalue weighted by Gasteiger charge is 2.37. The third-order valence-corrected chi connectivity index (χ3v) is 5.06. The molecule has 1 fully saturated rings. The molecule has 0 aromatic heterocycles. The van der Waals surface area contributed by atoms with Crippen LogP contribution >= 0.6 is 35.6 Å². The number of carbonyl (C=O) groups excluding carboxylic acids is 2. The van der Waals surface area contributed by atoms with E-state index in [1.54, 1.807) is 61.7 Å². The van der Waals surface area contributed by atoms with E-state index in [9.17, 15) is 9.59 Å². The van der Waals surface area contributed by atoms with Gasteiger partial charge in [-0.2, -0.15) is 0 Å². The number of carbonyl (C=O) groups is 2. The molecule has 0 N–H and O–H groups in total. The highest BCUT2D eigenvalue weighted by atomic mass is 35.5. The van der Waals surface area contributed by atoms with E-state index in [2.05, 4.69) is 0 Å². The maximum atomic E-state index is 12.6. The van der Waals surface area contributed by atoms with Crippen molar-refractivity contribution in [2.45, 2.75) is 0 Å². The second-order valence-electron chi connectivity index (χ2n) is 5.10. The largest absolute Gasteiger partial charge is 0.497 e. The molecule has 126 valence electrons. The summed E-state index contributed by atoms with van der Waals surface area (Å²) < 4.78 is 5.28. The van der Waals surface area contributed by atoms with E-state index in [4.69, 9.17) is 28.6 Å². The monoisotopic (exact) mass is 389 g/mol. The Morgan fingerprint density at radius 1 is 1.16 bits per heavy atom. The standard InChI is InChI=1S/C18H12ClNO3S2/c1-23-14-8-4-12(5-9-14)16(21)20-17(22)15(25-18(20)24)10-11-2-6-13(19)7-3-11/h2-10H,1H3/b15-10+. The molecule has 1 saturated heterocycles. The van der Waals surface area contributed by atoms with Crippen molar-refractivity contribution in [3.8, 4) is 5.75 Å². The van der Waals surface area contributed by atoms with Gasteiger partial charge in [-0.15, -0.1) is 0 Å². The molecule has 0 saturated carbocycles. The Hall–Kier alpha value is -2.15. The number of imide groups is 1. The maximum absolute atomic E-state index is 12.6. The van der Waals surface area contributed by atoms with Gasteiger partial charge in [0.05, 0.1) is 12.0 Å². The zero-order valence-electron chi connectivity index (χ0n) is 13.1. The lowest BCUT2D eigenvalue weighted by molar-refractivity contribution is -0.120. The van der Waals surface area contributed by atoms with Gasteiger partial charge in [0, 0.05) is 10.6 Å². The number of ether oxygens (including phenoxy) is 1. The van der Waals surface area contributed by atoms with E-state index in [0.29, 0.717) is 21.2 Å². The summed E-state index contributed by atoms with van der Waals surface area (Å²) in [5.41, 5.74) is 1.17. The van der Waals surface area contributed by atoms with Crippen molar-refractivity contribution in [3.63, 3.8) is 0 Å². The fraction of sp³-hybridized carbons (Fsp3) is 0.0556. The Balaban J connectivity index is 1.85. The smallest absolute Gasteiger partial charge is 0.273 e. The number of nitrogens with zero attached hydrogens (tertiary/aromatic N) is 1. The van der Waals surface area contributed by atoms with E-state index in [0.717, 1.165) is 22.2 Å². The molecule has 0 aliphatic carbocycles. The van der Waals surface area contributed by atoms with Crippen LogP contribution in [0.5, 0.6) is 5.75 Å². The van der Waals surface area contributed by atoms with E-state index in [-0.39, 0.29) is 4.32 Å². The van der Waals surface area contributed by atoms with Crippen LogP contribution in [0.15, 0.2) is 53.4 Å². The SMILES string of the molecule is COc1ccc(C(=O)N2C(=O)/C(=C\c3ccc(Cl)cc3)SC2=S)cc1. The van der Waals surface area contributed by atoms with Gasteiger partial charge in [0.25, 0.3) is 11.8 Å². The van der Waals surface area contributed by atoms with Gasteiger partial charge in [-0.3, -0.25) is 9.59 Å². The highest BCUT2D eigenvalue weighted by molar-refractivity contribution is 8.26. The molecular formula is C18H12ClNO3S2. The lowest BCUT2D eigenvalue weighted by atomic mass is 10.2. The molecule has 3 rings (SSSR count). The van der Waals surface area contributed by atoms with Crippen LogP contribution in [0, 0.1) is 0 Å². The lowest BCUT2D eigenvalue weighted by Gasteiger charge is -2.12. The molecule has 2 amide bonds. The lowest BCUT2D eigenvalue weighted by Crippen LogP contribution is -2.34. The molecule has 0 atom stereocenters. The van der Waals surface area contributed by atoms with Crippen molar-refractivity contribution in [2.75, 3.05) is 7.11 Å². The summed E-state index contributed by atoms with van der Waals surface area (Å²) in [5.74, 6) is -0.250. The van der Waals surface area contributed by atoms with Crippen molar-refractivity contribution in [3.05, 3.63) is 69.6 Å². The second kappa shape index (κ2) is 7.39. The topological polar surface area (TPSA) is 46.6 Å². The molecule has 0 spiro atoms. The number of thiocarbonyl (C=S) groups is 1. The van der Waals surface area contributed by atoms with Gasteiger partial charge in [0.15, 0.2) is 4.32 Å². The van der Waals surface area contributed by atoms with Crippen LogP contribution in [0.4, 0.5) is 0 Å². The Labute approximate surface area is 159 Å². The van der Waals surface area contributed by atoms with E-state index < -0.39 is 11.8 Å². The number of thioether (sulfide) groups is 1. The normalized spacial score (nSPS) is 15.8. The first-order valence-electron chi connectivity index (χ1n) is 7.21. The van der Waals surface area contributed by atoms with Crippen molar-refractivity contribution in [1.82, 2.24) is 4.90 Å². The highest BCUT2D eigenvalue weighted by Crippen LogP contribution is 2.33. The van der Waals surface area contributed by atoms with Crippen LogP contribution in [-0.2, 0) is 4.79 Å². The first kappa shape index (κ1) is 17.7. The van der Waals surface area contributed by atoms with E-state index >= 15 is 0 Å². The average Bonchev–Trinajstić information content (AvgIpc) is 2.90. The Bertz CT molecular complexity index is 876. The minimum Gasteiger partial charge on any atom is -0.497 e. The fourth-order valence-corrected chi connectivity index (χ4v) is 3.60. The predicted molar refractivity (Wildman–Crippen MR) is 104 cm³/mol. The minimum atomic E-state index is -0.454. The molecule has 1 heterocycles. The number of methoxy groups -OCH3 is 1. The maximum Gasteiger partial charge on any atom is 0.273 e. The zero-order chi connectivity index (χ0) is 18.0. The van der Waals surface area contributed by atoms with E-state index in [1.807, 2.05) is 0 Å². The van der Waals surface area contributed by atoms with Crippen LogP contribution in [0.3, 0.4) is 0 Å². The third-order valence-electron chi connectivity index (χ3n) is 3.50. The van der Waals surface area contributed by atoms with Gasteiger partial charge in [0.1, 0.15) is 5.75 Å². The molecule has 2 aromatic rings. The Morgan fingerprint density at radius 3 is 2.40 bits per heavy atom. The summed E-state index contributed by atoms with van der Waals surface area (Å²) in [6.45, 7) is 0. The van der Waals surface area contributed by atoms with Crippen LogP contribution in [-0.4, -0.2) is 28.1 Å². The molecule has 25 heavy (non-hydrogen) atoms. The van der Waals surface area contributed by atoms with Crippen LogP contribution in [0.1, 0.15) is 15.9 Å². The summed E-state index contributed by atoms with van der Waals surface area (Å²) in [6, 6.07) is 13.6. The summed E-state index contributed by atoms with van der Waals surface area (Å²) >= 11 is 12.2. The van der Waals surface area contributed by atoms with Gasteiger partial charge < -0.3 is 4.74 Å². The fourth-order valence-electron chi connectivity index (χ4n) is 2.22. The number of rotatable bonds is 3.